The maximum Gasteiger partial charge on any atom is 0.343 e. The summed E-state index contributed by atoms with van der Waals surface area (Å²) in [6.07, 6.45) is 0.950. The van der Waals surface area contributed by atoms with E-state index in [1.165, 1.54) is 29.5 Å². The summed E-state index contributed by atoms with van der Waals surface area (Å²) in [4.78, 5) is 46.5. The SMILES string of the molecule is O=C(O)c1c(N2CCN(C(=O)c3cccs3)CC2)c2cc(F)cnc2n(Cc2cccc(F)c2)c1=O. The van der Waals surface area contributed by atoms with E-state index < -0.39 is 28.7 Å². The summed E-state index contributed by atoms with van der Waals surface area (Å²) in [5, 5.41) is 12.0. The van der Waals surface area contributed by atoms with Crippen molar-refractivity contribution in [2.45, 2.75) is 6.54 Å². The quantitative estimate of drug-likeness (QED) is 0.442. The lowest BCUT2D eigenvalue weighted by Crippen LogP contribution is -2.49. The van der Waals surface area contributed by atoms with E-state index in [1.807, 2.05) is 5.38 Å². The second kappa shape index (κ2) is 9.50. The highest BCUT2D eigenvalue weighted by atomic mass is 32.1. The number of carbonyl (C=O) groups excluding carboxylic acids is 1. The maximum absolute atomic E-state index is 14.3. The van der Waals surface area contributed by atoms with Gasteiger partial charge in [0.2, 0.25) is 0 Å². The van der Waals surface area contributed by atoms with Crippen LogP contribution in [0.25, 0.3) is 11.0 Å². The number of aromatic nitrogens is 2. The minimum atomic E-state index is -1.47. The van der Waals surface area contributed by atoms with Crippen LogP contribution in [-0.4, -0.2) is 57.6 Å². The molecule has 4 heterocycles. The largest absolute Gasteiger partial charge is 0.477 e. The Kier molecular flexibility index (Phi) is 6.23. The van der Waals surface area contributed by atoms with E-state index in [4.69, 9.17) is 0 Å². The Morgan fingerprint density at radius 3 is 2.47 bits per heavy atom. The molecule has 0 bridgehead atoms. The summed E-state index contributed by atoms with van der Waals surface area (Å²) in [5.41, 5.74) is -0.778. The average Bonchev–Trinajstić information content (AvgIpc) is 3.40. The number of benzene rings is 1. The highest BCUT2D eigenvalue weighted by Crippen LogP contribution is 2.30. The molecular weight excluding hydrogens is 490 g/mol. The minimum absolute atomic E-state index is 0.0632. The third kappa shape index (κ3) is 4.33. The third-order valence-electron chi connectivity index (χ3n) is 6.10. The van der Waals surface area contributed by atoms with E-state index in [-0.39, 0.29) is 42.3 Å². The molecule has 11 heteroatoms. The number of carboxylic acid groups (broad SMARTS) is 1. The van der Waals surface area contributed by atoms with Crippen LogP contribution in [0.5, 0.6) is 0 Å². The first-order valence-electron chi connectivity index (χ1n) is 11.1. The molecule has 1 aliphatic rings. The van der Waals surface area contributed by atoms with E-state index in [0.29, 0.717) is 23.5 Å². The van der Waals surface area contributed by atoms with Crippen molar-refractivity contribution in [3.8, 4) is 0 Å². The van der Waals surface area contributed by atoms with Gasteiger partial charge in [-0.05, 0) is 35.2 Å². The summed E-state index contributed by atoms with van der Waals surface area (Å²) >= 11 is 1.34. The van der Waals surface area contributed by atoms with Gasteiger partial charge in [-0.15, -0.1) is 11.3 Å². The van der Waals surface area contributed by atoms with Crippen LogP contribution in [0.4, 0.5) is 14.5 Å². The highest BCUT2D eigenvalue weighted by Gasteiger charge is 2.30. The number of nitrogens with zero attached hydrogens (tertiary/aromatic N) is 4. The van der Waals surface area contributed by atoms with Crippen molar-refractivity contribution < 1.29 is 23.5 Å². The Balaban J connectivity index is 1.58. The Hall–Kier alpha value is -4.12. The lowest BCUT2D eigenvalue weighted by molar-refractivity contribution is 0.0691. The van der Waals surface area contributed by atoms with E-state index in [0.717, 1.165) is 16.8 Å². The predicted octanol–water partition coefficient (Wildman–Crippen LogP) is 3.45. The van der Waals surface area contributed by atoms with Crippen LogP contribution in [0, 0.1) is 11.6 Å². The molecule has 1 saturated heterocycles. The molecule has 1 aliphatic heterocycles. The molecule has 1 N–H and O–H groups in total. The van der Waals surface area contributed by atoms with Gasteiger partial charge in [-0.3, -0.25) is 14.2 Å². The van der Waals surface area contributed by atoms with Gasteiger partial charge in [0.25, 0.3) is 11.5 Å². The van der Waals surface area contributed by atoms with Crippen LogP contribution in [0.2, 0.25) is 0 Å². The molecule has 1 fully saturated rings. The van der Waals surface area contributed by atoms with E-state index in [2.05, 4.69) is 4.98 Å². The molecule has 4 aromatic rings. The number of amides is 1. The van der Waals surface area contributed by atoms with E-state index >= 15 is 0 Å². The number of hydrogen-bond acceptors (Lipinski definition) is 6. The Bertz CT molecular complexity index is 1530. The zero-order valence-electron chi connectivity index (χ0n) is 18.9. The molecule has 1 aromatic carbocycles. The smallest absolute Gasteiger partial charge is 0.343 e. The average molecular weight is 511 g/mol. The van der Waals surface area contributed by atoms with Crippen LogP contribution < -0.4 is 10.5 Å². The van der Waals surface area contributed by atoms with Gasteiger partial charge in [-0.25, -0.2) is 18.6 Å². The fraction of sp³-hybridized carbons (Fsp3) is 0.200. The predicted molar refractivity (Wildman–Crippen MR) is 131 cm³/mol. The summed E-state index contributed by atoms with van der Waals surface area (Å²) in [6.45, 7) is 0.945. The number of hydrogen-bond donors (Lipinski definition) is 1. The fourth-order valence-corrected chi connectivity index (χ4v) is 5.15. The molecular formula is C25H20F2N4O4S. The lowest BCUT2D eigenvalue weighted by Gasteiger charge is -2.37. The first-order chi connectivity index (χ1) is 17.3. The van der Waals surface area contributed by atoms with Crippen molar-refractivity contribution in [3.05, 3.63) is 92.0 Å². The second-order valence-corrected chi connectivity index (χ2v) is 9.28. The van der Waals surface area contributed by atoms with Crippen LogP contribution in [0.15, 0.2) is 58.8 Å². The van der Waals surface area contributed by atoms with Crippen LogP contribution in [0.1, 0.15) is 25.6 Å². The standard InChI is InChI=1S/C25H20F2N4O4S/c26-16-4-1-3-15(11-16)14-31-22-18(12-17(27)13-28-22)21(20(24(31)33)25(34)35)29-6-8-30(9-7-29)23(32)19-5-2-10-36-19/h1-5,10-13H,6-9,14H2,(H,34,35). The zero-order chi connectivity index (χ0) is 25.4. The topological polar surface area (TPSA) is 95.7 Å². The third-order valence-corrected chi connectivity index (χ3v) is 6.96. The molecule has 3 aromatic heterocycles. The number of carbonyl (C=O) groups is 2. The summed E-state index contributed by atoms with van der Waals surface area (Å²) in [5.74, 6) is -2.78. The number of thiophene rings is 1. The lowest BCUT2D eigenvalue weighted by atomic mass is 10.1. The van der Waals surface area contributed by atoms with Gasteiger partial charge in [0.1, 0.15) is 22.8 Å². The molecule has 1 amide bonds. The second-order valence-electron chi connectivity index (χ2n) is 8.33. The maximum atomic E-state index is 14.3. The Labute approximate surface area is 207 Å². The molecule has 0 aliphatic carbocycles. The van der Waals surface area contributed by atoms with Gasteiger partial charge in [0.15, 0.2) is 0 Å². The van der Waals surface area contributed by atoms with Crippen molar-refractivity contribution in [1.82, 2.24) is 14.5 Å². The molecule has 0 radical (unpaired) electrons. The van der Waals surface area contributed by atoms with Crippen LogP contribution in [-0.2, 0) is 6.54 Å². The molecule has 5 rings (SSSR count). The number of rotatable bonds is 5. The number of anilines is 1. The Morgan fingerprint density at radius 1 is 1.03 bits per heavy atom. The van der Waals surface area contributed by atoms with Crippen molar-refractivity contribution in [2.24, 2.45) is 0 Å². The van der Waals surface area contributed by atoms with Crippen molar-refractivity contribution in [2.75, 3.05) is 31.1 Å². The van der Waals surface area contributed by atoms with Gasteiger partial charge >= 0.3 is 5.97 Å². The normalized spacial score (nSPS) is 13.8. The minimum Gasteiger partial charge on any atom is -0.477 e. The monoisotopic (exact) mass is 510 g/mol. The van der Waals surface area contributed by atoms with Crippen molar-refractivity contribution in [3.63, 3.8) is 0 Å². The van der Waals surface area contributed by atoms with E-state index in [1.54, 1.807) is 28.0 Å². The van der Waals surface area contributed by atoms with Crippen molar-refractivity contribution >= 4 is 39.9 Å². The summed E-state index contributed by atoms with van der Waals surface area (Å²) < 4.78 is 29.2. The Morgan fingerprint density at radius 2 is 1.81 bits per heavy atom. The van der Waals surface area contributed by atoms with E-state index in [9.17, 15) is 28.3 Å². The molecule has 0 spiro atoms. The molecule has 8 nitrogen and oxygen atoms in total. The number of carboxylic acids is 1. The van der Waals surface area contributed by atoms with Crippen LogP contribution in [0.3, 0.4) is 0 Å². The first-order valence-corrected chi connectivity index (χ1v) is 12.0. The number of piperazine rings is 1. The number of aromatic carboxylic acids is 1. The van der Waals surface area contributed by atoms with Gasteiger partial charge in [-0.2, -0.15) is 0 Å². The number of halogens is 2. The molecule has 0 saturated carbocycles. The summed E-state index contributed by atoms with van der Waals surface area (Å²) in [6, 6.07) is 10.3. The van der Waals surface area contributed by atoms with Gasteiger partial charge in [0.05, 0.1) is 23.3 Å². The molecule has 0 atom stereocenters. The molecule has 184 valence electrons. The number of pyridine rings is 2. The fourth-order valence-electron chi connectivity index (χ4n) is 4.46. The number of fused-ring (bicyclic) bond motifs is 1. The van der Waals surface area contributed by atoms with Gasteiger partial charge < -0.3 is 14.9 Å². The highest BCUT2D eigenvalue weighted by molar-refractivity contribution is 7.12. The first kappa shape index (κ1) is 23.6. The van der Waals surface area contributed by atoms with Crippen LogP contribution >= 0.6 is 11.3 Å². The van der Waals surface area contributed by atoms with Gasteiger partial charge in [-0.1, -0.05) is 18.2 Å². The summed E-state index contributed by atoms with van der Waals surface area (Å²) in [7, 11) is 0. The zero-order valence-corrected chi connectivity index (χ0v) is 19.7. The van der Waals surface area contributed by atoms with Crippen molar-refractivity contribution in [1.29, 1.82) is 0 Å². The molecule has 0 unspecified atom stereocenters. The van der Waals surface area contributed by atoms with Gasteiger partial charge in [0, 0.05) is 31.6 Å². The molecule has 36 heavy (non-hydrogen) atoms.